The number of rotatable bonds is 0. The Morgan fingerprint density at radius 1 is 1.75 bits per heavy atom. The lowest BCUT2D eigenvalue weighted by atomic mass is 10.2. The molecule has 0 aliphatic carbocycles. The molecule has 0 spiro atoms. The number of nitriles is 1. The van der Waals surface area contributed by atoms with Gasteiger partial charge in [-0.05, 0) is 0 Å². The maximum absolute atomic E-state index is 8.66. The average molecular weight is 161 g/mol. The monoisotopic (exact) mass is 161 g/mol. The number of nitrogens with zero attached hydrogens (tertiary/aromatic N) is 3. The fourth-order valence-electron chi connectivity index (χ4n) is 1.11. The van der Waals surface area contributed by atoms with Crippen LogP contribution in [0, 0.1) is 11.3 Å². The van der Waals surface area contributed by atoms with E-state index in [1.807, 2.05) is 6.07 Å². The Kier molecular flexibility index (Phi) is 1.27. The highest BCUT2D eigenvalue weighted by Crippen LogP contribution is 2.16. The summed E-state index contributed by atoms with van der Waals surface area (Å²) >= 11 is 0. The van der Waals surface area contributed by atoms with Gasteiger partial charge in [-0.25, -0.2) is 4.68 Å². The summed E-state index contributed by atoms with van der Waals surface area (Å²) in [5.41, 5.74) is 6.09. The average Bonchev–Trinajstić information content (AvgIpc) is 2.49. The molecule has 0 saturated carbocycles. The first-order valence-corrected chi connectivity index (χ1v) is 3.49. The summed E-state index contributed by atoms with van der Waals surface area (Å²) in [6, 6.07) is 3.82. The van der Waals surface area contributed by atoms with Crippen molar-refractivity contribution in [2.24, 2.45) is 5.73 Å². The SMILES string of the molecule is N#CC1=C(N)Nc2ccnn2C1. The van der Waals surface area contributed by atoms with Crippen molar-refractivity contribution in [2.75, 3.05) is 5.32 Å². The minimum atomic E-state index is 0.422. The molecule has 0 radical (unpaired) electrons. The van der Waals surface area contributed by atoms with Crippen molar-refractivity contribution in [3.8, 4) is 6.07 Å². The smallest absolute Gasteiger partial charge is 0.130 e. The second-order valence-corrected chi connectivity index (χ2v) is 2.50. The molecule has 0 saturated heterocycles. The van der Waals surface area contributed by atoms with E-state index in [0.29, 0.717) is 17.9 Å². The van der Waals surface area contributed by atoms with Crippen molar-refractivity contribution in [2.45, 2.75) is 6.54 Å². The largest absolute Gasteiger partial charge is 0.384 e. The first kappa shape index (κ1) is 6.73. The van der Waals surface area contributed by atoms with Gasteiger partial charge in [0.25, 0.3) is 0 Å². The quantitative estimate of drug-likeness (QED) is 0.561. The molecule has 0 aromatic carbocycles. The maximum atomic E-state index is 8.66. The van der Waals surface area contributed by atoms with E-state index in [4.69, 9.17) is 11.0 Å². The zero-order chi connectivity index (χ0) is 8.55. The molecular formula is C7H7N5. The summed E-state index contributed by atoms with van der Waals surface area (Å²) in [5.74, 6) is 1.25. The van der Waals surface area contributed by atoms with E-state index < -0.39 is 0 Å². The van der Waals surface area contributed by atoms with Crippen LogP contribution >= 0.6 is 0 Å². The molecule has 1 aromatic heterocycles. The van der Waals surface area contributed by atoms with Gasteiger partial charge in [-0.2, -0.15) is 10.4 Å². The van der Waals surface area contributed by atoms with E-state index in [2.05, 4.69) is 10.4 Å². The second-order valence-electron chi connectivity index (χ2n) is 2.50. The highest BCUT2D eigenvalue weighted by Gasteiger charge is 2.14. The molecule has 1 aliphatic rings. The minimum absolute atomic E-state index is 0.422. The van der Waals surface area contributed by atoms with Crippen molar-refractivity contribution in [1.82, 2.24) is 9.78 Å². The van der Waals surface area contributed by atoms with Gasteiger partial charge in [-0.3, -0.25) is 0 Å². The minimum Gasteiger partial charge on any atom is -0.384 e. The van der Waals surface area contributed by atoms with Crippen LogP contribution in [0.2, 0.25) is 0 Å². The fraction of sp³-hybridized carbons (Fsp3) is 0.143. The van der Waals surface area contributed by atoms with Crippen LogP contribution in [-0.4, -0.2) is 9.78 Å². The molecule has 5 heteroatoms. The van der Waals surface area contributed by atoms with E-state index >= 15 is 0 Å². The third-order valence-electron chi connectivity index (χ3n) is 1.75. The molecule has 60 valence electrons. The number of aromatic nitrogens is 2. The Morgan fingerprint density at radius 2 is 2.58 bits per heavy atom. The first-order valence-electron chi connectivity index (χ1n) is 3.49. The lowest BCUT2D eigenvalue weighted by molar-refractivity contribution is 0.675. The first-order chi connectivity index (χ1) is 5.81. The van der Waals surface area contributed by atoms with Crippen molar-refractivity contribution < 1.29 is 0 Å². The maximum Gasteiger partial charge on any atom is 0.130 e. The normalized spacial score (nSPS) is 14.9. The van der Waals surface area contributed by atoms with E-state index in [-0.39, 0.29) is 0 Å². The Labute approximate surface area is 69.1 Å². The van der Waals surface area contributed by atoms with Crippen LogP contribution in [0.3, 0.4) is 0 Å². The number of fused-ring (bicyclic) bond motifs is 1. The Hall–Kier alpha value is -1.96. The summed E-state index contributed by atoms with van der Waals surface area (Å²) in [6.07, 6.45) is 1.66. The summed E-state index contributed by atoms with van der Waals surface area (Å²) in [4.78, 5) is 0. The van der Waals surface area contributed by atoms with Gasteiger partial charge in [-0.1, -0.05) is 0 Å². The third kappa shape index (κ3) is 0.820. The fourth-order valence-corrected chi connectivity index (χ4v) is 1.11. The van der Waals surface area contributed by atoms with Crippen LogP contribution in [0.25, 0.3) is 0 Å². The van der Waals surface area contributed by atoms with Crippen LogP contribution in [0.15, 0.2) is 23.7 Å². The molecule has 0 bridgehead atoms. The zero-order valence-corrected chi connectivity index (χ0v) is 6.28. The summed E-state index contributed by atoms with van der Waals surface area (Å²) in [7, 11) is 0. The highest BCUT2D eigenvalue weighted by molar-refractivity contribution is 5.48. The summed E-state index contributed by atoms with van der Waals surface area (Å²) in [6.45, 7) is 0.456. The van der Waals surface area contributed by atoms with Crippen LogP contribution < -0.4 is 11.1 Å². The topological polar surface area (TPSA) is 79.7 Å². The molecule has 12 heavy (non-hydrogen) atoms. The van der Waals surface area contributed by atoms with E-state index in [0.717, 1.165) is 5.82 Å². The lowest BCUT2D eigenvalue weighted by Crippen LogP contribution is -2.22. The second kappa shape index (κ2) is 2.27. The molecule has 0 unspecified atom stereocenters. The molecule has 1 aromatic rings. The number of nitrogens with two attached hydrogens (primary N) is 1. The lowest BCUT2D eigenvalue weighted by Gasteiger charge is -2.16. The number of anilines is 1. The van der Waals surface area contributed by atoms with Gasteiger partial charge in [0.05, 0.1) is 18.3 Å². The van der Waals surface area contributed by atoms with Crippen molar-refractivity contribution in [3.63, 3.8) is 0 Å². The van der Waals surface area contributed by atoms with Crippen LogP contribution in [0.1, 0.15) is 0 Å². The number of hydrogen-bond acceptors (Lipinski definition) is 4. The Balaban J connectivity index is 2.42. The van der Waals surface area contributed by atoms with Gasteiger partial charge in [0, 0.05) is 6.07 Å². The highest BCUT2D eigenvalue weighted by atomic mass is 15.3. The van der Waals surface area contributed by atoms with E-state index in [1.165, 1.54) is 0 Å². The Morgan fingerprint density at radius 3 is 3.33 bits per heavy atom. The van der Waals surface area contributed by atoms with Gasteiger partial charge >= 0.3 is 0 Å². The van der Waals surface area contributed by atoms with Crippen molar-refractivity contribution >= 4 is 5.82 Å². The molecule has 0 atom stereocenters. The van der Waals surface area contributed by atoms with Gasteiger partial charge < -0.3 is 11.1 Å². The summed E-state index contributed by atoms with van der Waals surface area (Å²) in [5, 5.41) is 15.5. The predicted molar refractivity (Wildman–Crippen MR) is 42.7 cm³/mol. The van der Waals surface area contributed by atoms with E-state index in [9.17, 15) is 0 Å². The number of hydrogen-bond donors (Lipinski definition) is 2. The summed E-state index contributed by atoms with van der Waals surface area (Å²) < 4.78 is 1.69. The van der Waals surface area contributed by atoms with Gasteiger partial charge in [-0.15, -0.1) is 0 Å². The van der Waals surface area contributed by atoms with Crippen LogP contribution in [0.4, 0.5) is 5.82 Å². The molecule has 3 N–H and O–H groups in total. The number of allylic oxidation sites excluding steroid dienone is 1. The molecule has 0 amide bonds. The molecule has 2 heterocycles. The molecule has 1 aliphatic heterocycles. The van der Waals surface area contributed by atoms with Crippen molar-refractivity contribution in [3.05, 3.63) is 23.7 Å². The van der Waals surface area contributed by atoms with Crippen molar-refractivity contribution in [1.29, 1.82) is 5.26 Å². The van der Waals surface area contributed by atoms with Gasteiger partial charge in [0.2, 0.25) is 0 Å². The molecule has 5 nitrogen and oxygen atoms in total. The third-order valence-corrected chi connectivity index (χ3v) is 1.75. The zero-order valence-electron chi connectivity index (χ0n) is 6.28. The van der Waals surface area contributed by atoms with Gasteiger partial charge in [0.1, 0.15) is 17.7 Å². The standard InChI is InChI=1S/C7H7N5/c8-3-5-4-12-6(1-2-10-12)11-7(5)9/h1-2,11H,4,9H2. The number of nitrogens with one attached hydrogen (secondary N) is 1. The molecule has 2 rings (SSSR count). The van der Waals surface area contributed by atoms with Crippen LogP contribution in [-0.2, 0) is 6.54 Å². The Bertz CT molecular complexity index is 381. The van der Waals surface area contributed by atoms with E-state index in [1.54, 1.807) is 16.9 Å². The van der Waals surface area contributed by atoms with Gasteiger partial charge in [0.15, 0.2) is 0 Å². The van der Waals surface area contributed by atoms with Crippen LogP contribution in [0.5, 0.6) is 0 Å². The predicted octanol–water partition coefficient (Wildman–Crippen LogP) is 0.00248. The molecule has 0 fully saturated rings. The molecular weight excluding hydrogens is 154 g/mol.